The summed E-state index contributed by atoms with van der Waals surface area (Å²) in [5.74, 6) is -2.06. The first-order valence-electron chi connectivity index (χ1n) is 6.03. The van der Waals surface area contributed by atoms with Crippen LogP contribution in [-0.4, -0.2) is 23.4 Å². The molecule has 0 unspecified atom stereocenters. The van der Waals surface area contributed by atoms with Crippen LogP contribution in [0.3, 0.4) is 0 Å². The first-order valence-corrected chi connectivity index (χ1v) is 6.03. The normalized spacial score (nSPS) is 32.2. The van der Waals surface area contributed by atoms with Crippen LogP contribution in [0.15, 0.2) is 4.99 Å². The molecule has 0 saturated carbocycles. The minimum absolute atomic E-state index is 0.140. The van der Waals surface area contributed by atoms with Crippen molar-refractivity contribution in [2.24, 2.45) is 22.7 Å². The topological polar surface area (TPSA) is 75.6 Å². The van der Waals surface area contributed by atoms with Gasteiger partial charge in [-0.2, -0.15) is 4.99 Å². The molecule has 0 aromatic heterocycles. The molecule has 92 valence electrons. The number of nitrogens with zero attached hydrogens (tertiary/aromatic N) is 1. The van der Waals surface area contributed by atoms with Crippen LogP contribution in [0, 0.1) is 17.8 Å². The molecule has 1 saturated heterocycles. The minimum Gasteiger partial charge on any atom is -0.313 e. The van der Waals surface area contributed by atoms with Gasteiger partial charge >= 0.3 is 0 Å². The fraction of sp³-hybridized carbons (Fsp3) is 0.667. The van der Waals surface area contributed by atoms with Gasteiger partial charge in [-0.1, -0.05) is 26.7 Å². The Bertz CT molecular complexity index is 414. The maximum Gasteiger partial charge on any atom is 0.251 e. The van der Waals surface area contributed by atoms with E-state index in [1.165, 1.54) is 0 Å². The summed E-state index contributed by atoms with van der Waals surface area (Å²) in [6.45, 7) is 3.70. The molecule has 17 heavy (non-hydrogen) atoms. The van der Waals surface area contributed by atoms with Gasteiger partial charge in [-0.15, -0.1) is 0 Å². The summed E-state index contributed by atoms with van der Waals surface area (Å²) in [7, 11) is 0. The highest BCUT2D eigenvalue weighted by Gasteiger charge is 2.48. The predicted octanol–water partition coefficient (Wildman–Crippen LogP) is 0.683. The molecule has 5 nitrogen and oxygen atoms in total. The van der Waals surface area contributed by atoms with Gasteiger partial charge in [0.2, 0.25) is 5.91 Å². The van der Waals surface area contributed by atoms with Gasteiger partial charge < -0.3 is 5.32 Å². The first-order chi connectivity index (χ1) is 8.06. The number of piperidine rings is 1. The molecule has 1 N–H and O–H groups in total. The van der Waals surface area contributed by atoms with Gasteiger partial charge in [0.25, 0.3) is 5.91 Å². The van der Waals surface area contributed by atoms with Gasteiger partial charge in [-0.25, -0.2) is 0 Å². The number of carbonyl (C=O) groups excluding carboxylic acids is 3. The zero-order chi connectivity index (χ0) is 12.6. The second-order valence-corrected chi connectivity index (χ2v) is 4.69. The highest BCUT2D eigenvalue weighted by molar-refractivity contribution is 6.26. The third-order valence-electron chi connectivity index (χ3n) is 3.48. The molecule has 2 aliphatic rings. The fourth-order valence-corrected chi connectivity index (χ4v) is 2.40. The van der Waals surface area contributed by atoms with Crippen LogP contribution in [0.4, 0.5) is 0 Å². The predicted molar refractivity (Wildman–Crippen MR) is 61.3 cm³/mol. The Morgan fingerprint density at radius 3 is 2.65 bits per heavy atom. The fourth-order valence-electron chi connectivity index (χ4n) is 2.40. The van der Waals surface area contributed by atoms with E-state index in [2.05, 4.69) is 10.3 Å². The third-order valence-corrected chi connectivity index (χ3v) is 3.48. The average Bonchev–Trinajstić information content (AvgIpc) is 2.54. The van der Waals surface area contributed by atoms with Crippen LogP contribution >= 0.6 is 0 Å². The lowest BCUT2D eigenvalue weighted by Crippen LogP contribution is -2.52. The Morgan fingerprint density at radius 1 is 1.29 bits per heavy atom. The van der Waals surface area contributed by atoms with E-state index in [1.54, 1.807) is 6.92 Å². The number of aliphatic imine (C=N–C) groups is 1. The number of Topliss-reactive ketones (excluding diaryl/α,β-unsaturated/α-hetero) is 1. The molecule has 0 spiro atoms. The number of hydrogen-bond donors (Lipinski definition) is 1. The van der Waals surface area contributed by atoms with Crippen molar-refractivity contribution < 1.29 is 14.4 Å². The Balaban J connectivity index is 2.21. The lowest BCUT2D eigenvalue weighted by molar-refractivity contribution is -0.138. The van der Waals surface area contributed by atoms with E-state index in [0.717, 1.165) is 12.8 Å². The monoisotopic (exact) mass is 236 g/mol. The summed E-state index contributed by atoms with van der Waals surface area (Å²) in [6, 6.07) is 0. The molecule has 0 aromatic carbocycles. The summed E-state index contributed by atoms with van der Waals surface area (Å²) < 4.78 is 0. The molecule has 5 heteroatoms. The van der Waals surface area contributed by atoms with E-state index in [9.17, 15) is 14.4 Å². The van der Waals surface area contributed by atoms with E-state index in [0.29, 0.717) is 6.42 Å². The number of hydrogen-bond acceptors (Lipinski definition) is 3. The Labute approximate surface area is 99.7 Å². The number of carbonyl (C=O) groups is 3. The smallest absolute Gasteiger partial charge is 0.251 e. The number of rotatable bonds is 3. The van der Waals surface area contributed by atoms with Crippen molar-refractivity contribution in [1.29, 1.82) is 0 Å². The van der Waals surface area contributed by atoms with Crippen molar-refractivity contribution in [3.63, 3.8) is 0 Å². The second kappa shape index (κ2) is 4.39. The maximum atomic E-state index is 12.2. The zero-order valence-electron chi connectivity index (χ0n) is 10.0. The van der Waals surface area contributed by atoms with Crippen LogP contribution in [0.5, 0.6) is 0 Å². The minimum atomic E-state index is -0.604. The van der Waals surface area contributed by atoms with Crippen LogP contribution in [0.2, 0.25) is 0 Å². The zero-order valence-corrected chi connectivity index (χ0v) is 10.0. The summed E-state index contributed by atoms with van der Waals surface area (Å²) >= 11 is 0. The van der Waals surface area contributed by atoms with Gasteiger partial charge in [0.05, 0.1) is 17.8 Å². The van der Waals surface area contributed by atoms with Crippen molar-refractivity contribution in [3.05, 3.63) is 0 Å². The van der Waals surface area contributed by atoms with Gasteiger partial charge in [-0.3, -0.25) is 14.4 Å². The molecule has 1 fully saturated rings. The third kappa shape index (κ3) is 1.90. The van der Waals surface area contributed by atoms with Gasteiger partial charge in [0.1, 0.15) is 5.84 Å². The molecule has 2 rings (SSSR count). The van der Waals surface area contributed by atoms with E-state index >= 15 is 0 Å². The van der Waals surface area contributed by atoms with Gasteiger partial charge in [0.15, 0.2) is 5.78 Å². The Morgan fingerprint density at radius 2 is 2.00 bits per heavy atom. The van der Waals surface area contributed by atoms with Gasteiger partial charge in [-0.05, 0) is 6.42 Å². The molecule has 0 radical (unpaired) electrons. The summed E-state index contributed by atoms with van der Waals surface area (Å²) in [5, 5.41) is 2.60. The number of ketones is 1. The lowest BCUT2D eigenvalue weighted by Gasteiger charge is -2.27. The lowest BCUT2D eigenvalue weighted by atomic mass is 9.79. The SMILES string of the molecule is CCCC[C@@H]1C(=O)NC2=NC(=O)[C@@H](C)[C@@H]2C1=O. The van der Waals surface area contributed by atoms with Gasteiger partial charge in [0, 0.05) is 0 Å². The molecular formula is C12H16N2O3. The average molecular weight is 236 g/mol. The molecule has 0 bridgehead atoms. The van der Waals surface area contributed by atoms with Crippen LogP contribution < -0.4 is 5.32 Å². The highest BCUT2D eigenvalue weighted by atomic mass is 16.2. The van der Waals surface area contributed by atoms with E-state index in [1.807, 2.05) is 6.92 Å². The molecule has 2 heterocycles. The summed E-state index contributed by atoms with van der Waals surface area (Å²) in [4.78, 5) is 39.1. The van der Waals surface area contributed by atoms with Crippen LogP contribution in [0.1, 0.15) is 33.1 Å². The van der Waals surface area contributed by atoms with Crippen LogP contribution in [0.25, 0.3) is 0 Å². The largest absolute Gasteiger partial charge is 0.313 e. The Kier molecular flexibility index (Phi) is 3.09. The van der Waals surface area contributed by atoms with Crippen molar-refractivity contribution >= 4 is 23.4 Å². The first kappa shape index (κ1) is 12.0. The summed E-state index contributed by atoms with van der Waals surface area (Å²) in [5.41, 5.74) is 0. The molecule has 0 aromatic rings. The number of nitrogens with one attached hydrogen (secondary N) is 1. The molecule has 2 aliphatic heterocycles. The molecule has 2 amide bonds. The van der Waals surface area contributed by atoms with E-state index in [4.69, 9.17) is 0 Å². The second-order valence-electron chi connectivity index (χ2n) is 4.69. The van der Waals surface area contributed by atoms with E-state index in [-0.39, 0.29) is 23.4 Å². The van der Waals surface area contributed by atoms with Crippen molar-refractivity contribution in [1.82, 2.24) is 5.32 Å². The Hall–Kier alpha value is -1.52. The van der Waals surface area contributed by atoms with E-state index < -0.39 is 17.8 Å². The van der Waals surface area contributed by atoms with Crippen LogP contribution in [-0.2, 0) is 14.4 Å². The number of amides is 2. The molecule has 3 atom stereocenters. The maximum absolute atomic E-state index is 12.2. The van der Waals surface area contributed by atoms with Crippen molar-refractivity contribution in [2.75, 3.05) is 0 Å². The number of amidine groups is 1. The quantitative estimate of drug-likeness (QED) is 0.732. The summed E-state index contributed by atoms with van der Waals surface area (Å²) in [6.07, 6.45) is 2.34. The van der Waals surface area contributed by atoms with Crippen molar-refractivity contribution in [2.45, 2.75) is 33.1 Å². The van der Waals surface area contributed by atoms with Crippen molar-refractivity contribution in [3.8, 4) is 0 Å². The molecular weight excluding hydrogens is 220 g/mol. The highest BCUT2D eigenvalue weighted by Crippen LogP contribution is 2.30. The molecule has 0 aliphatic carbocycles. The number of unbranched alkanes of at least 4 members (excludes halogenated alkanes) is 1. The standard InChI is InChI=1S/C12H16N2O3/c1-3-4-5-7-9(15)8-6(2)11(16)13-10(8)14-12(7)17/h6-8H,3-5H2,1-2H3,(H,13,14,16,17)/t6-,7-,8+/m0/s1. The number of fused-ring (bicyclic) bond motifs is 1.